The van der Waals surface area contributed by atoms with Crippen molar-refractivity contribution in [2.45, 2.75) is 44.1 Å². The zero-order valence-electron chi connectivity index (χ0n) is 9.86. The number of hydrogen-bond acceptors (Lipinski definition) is 1. The summed E-state index contributed by atoms with van der Waals surface area (Å²) in [5.41, 5.74) is 1.55. The van der Waals surface area contributed by atoms with Crippen molar-refractivity contribution in [2.75, 3.05) is 6.54 Å². The summed E-state index contributed by atoms with van der Waals surface area (Å²) >= 11 is 0. The third-order valence-corrected chi connectivity index (χ3v) is 4.39. The van der Waals surface area contributed by atoms with Crippen molar-refractivity contribution >= 4 is 0 Å². The van der Waals surface area contributed by atoms with Gasteiger partial charge in [-0.25, -0.2) is 0 Å². The second-order valence-electron chi connectivity index (χ2n) is 5.33. The Kier molecular flexibility index (Phi) is 2.96. The summed E-state index contributed by atoms with van der Waals surface area (Å²) in [6.07, 6.45) is 7.06. The molecule has 1 saturated carbocycles. The van der Waals surface area contributed by atoms with E-state index in [-0.39, 0.29) is 0 Å². The lowest BCUT2D eigenvalue weighted by Crippen LogP contribution is -2.47. The largest absolute Gasteiger partial charge is 0.313 e. The molecule has 1 aromatic carbocycles. The molecule has 1 heterocycles. The van der Waals surface area contributed by atoms with E-state index in [0.717, 1.165) is 17.9 Å². The van der Waals surface area contributed by atoms with E-state index in [2.05, 4.69) is 35.6 Å². The molecule has 2 aliphatic rings. The van der Waals surface area contributed by atoms with Gasteiger partial charge in [-0.1, -0.05) is 36.8 Å². The first kappa shape index (κ1) is 10.3. The third kappa shape index (κ3) is 1.89. The van der Waals surface area contributed by atoms with Crippen LogP contribution in [0.4, 0.5) is 0 Å². The van der Waals surface area contributed by atoms with Crippen molar-refractivity contribution in [1.82, 2.24) is 5.32 Å². The van der Waals surface area contributed by atoms with E-state index in [4.69, 9.17) is 0 Å². The molecule has 1 aliphatic carbocycles. The standard InChI is InChI=1S/C15H21N/c1-2-6-12(7-3-1)14-10-4-8-13-9-5-11-16-15(13)14/h1-3,6-7,13-16H,4-5,8-11H2/t13-,14-,15-/m0/s1. The highest BCUT2D eigenvalue weighted by molar-refractivity contribution is 5.22. The van der Waals surface area contributed by atoms with Crippen LogP contribution < -0.4 is 5.32 Å². The van der Waals surface area contributed by atoms with Crippen LogP contribution in [-0.4, -0.2) is 12.6 Å². The minimum Gasteiger partial charge on any atom is -0.313 e. The third-order valence-electron chi connectivity index (χ3n) is 4.39. The van der Waals surface area contributed by atoms with Crippen molar-refractivity contribution in [3.8, 4) is 0 Å². The maximum absolute atomic E-state index is 3.77. The van der Waals surface area contributed by atoms with E-state index < -0.39 is 0 Å². The summed E-state index contributed by atoms with van der Waals surface area (Å²) < 4.78 is 0. The predicted molar refractivity (Wildman–Crippen MR) is 67.5 cm³/mol. The molecule has 2 fully saturated rings. The molecule has 3 atom stereocenters. The zero-order chi connectivity index (χ0) is 10.8. The van der Waals surface area contributed by atoms with E-state index in [1.54, 1.807) is 5.56 Å². The second-order valence-corrected chi connectivity index (χ2v) is 5.33. The van der Waals surface area contributed by atoms with Gasteiger partial charge in [-0.2, -0.15) is 0 Å². The molecule has 1 N–H and O–H groups in total. The molecule has 0 amide bonds. The molecule has 16 heavy (non-hydrogen) atoms. The molecule has 3 rings (SSSR count). The fraction of sp³-hybridized carbons (Fsp3) is 0.600. The van der Waals surface area contributed by atoms with E-state index in [1.165, 1.54) is 38.6 Å². The number of fused-ring (bicyclic) bond motifs is 1. The molecule has 1 aromatic rings. The Labute approximate surface area is 98.3 Å². The normalized spacial score (nSPS) is 34.4. The second kappa shape index (κ2) is 4.58. The van der Waals surface area contributed by atoms with Crippen molar-refractivity contribution < 1.29 is 0 Å². The van der Waals surface area contributed by atoms with Gasteiger partial charge in [-0.05, 0) is 49.6 Å². The predicted octanol–water partition coefficient (Wildman–Crippen LogP) is 3.32. The van der Waals surface area contributed by atoms with Gasteiger partial charge in [0.2, 0.25) is 0 Å². The summed E-state index contributed by atoms with van der Waals surface area (Å²) in [5, 5.41) is 3.77. The first-order valence-corrected chi connectivity index (χ1v) is 6.73. The Morgan fingerprint density at radius 2 is 1.75 bits per heavy atom. The Morgan fingerprint density at radius 3 is 2.62 bits per heavy atom. The summed E-state index contributed by atoms with van der Waals surface area (Å²) in [5.74, 6) is 1.70. The van der Waals surface area contributed by atoms with Crippen LogP contribution in [-0.2, 0) is 0 Å². The SMILES string of the molecule is c1ccc([C@@H]2CCC[C@H]3CCCN[C@@H]32)cc1. The number of piperidine rings is 1. The lowest BCUT2D eigenvalue weighted by atomic mass is 9.71. The number of hydrogen-bond donors (Lipinski definition) is 1. The van der Waals surface area contributed by atoms with E-state index in [0.29, 0.717) is 0 Å². The molecular formula is C15H21N. The summed E-state index contributed by atoms with van der Waals surface area (Å²) in [6, 6.07) is 11.9. The van der Waals surface area contributed by atoms with E-state index in [1.807, 2.05) is 0 Å². The first-order valence-electron chi connectivity index (χ1n) is 6.73. The molecule has 0 aromatic heterocycles. The van der Waals surface area contributed by atoms with Crippen molar-refractivity contribution in [2.24, 2.45) is 5.92 Å². The lowest BCUT2D eigenvalue weighted by Gasteiger charge is -2.42. The van der Waals surface area contributed by atoms with Crippen LogP contribution in [0.1, 0.15) is 43.6 Å². The number of nitrogens with one attached hydrogen (secondary N) is 1. The van der Waals surface area contributed by atoms with E-state index in [9.17, 15) is 0 Å². The number of benzene rings is 1. The summed E-state index contributed by atoms with van der Waals surface area (Å²) in [4.78, 5) is 0. The van der Waals surface area contributed by atoms with E-state index >= 15 is 0 Å². The molecule has 1 heteroatoms. The fourth-order valence-electron chi connectivity index (χ4n) is 3.63. The summed E-state index contributed by atoms with van der Waals surface area (Å²) in [7, 11) is 0. The Bertz CT molecular complexity index is 331. The molecule has 1 nitrogen and oxygen atoms in total. The van der Waals surface area contributed by atoms with Gasteiger partial charge >= 0.3 is 0 Å². The van der Waals surface area contributed by atoms with Crippen molar-refractivity contribution in [1.29, 1.82) is 0 Å². The van der Waals surface area contributed by atoms with Crippen LogP contribution in [0.2, 0.25) is 0 Å². The highest BCUT2D eigenvalue weighted by Gasteiger charge is 2.35. The minimum atomic E-state index is 0.755. The van der Waals surface area contributed by atoms with Gasteiger partial charge in [0, 0.05) is 6.04 Å². The smallest absolute Gasteiger partial charge is 0.0164 e. The van der Waals surface area contributed by atoms with Gasteiger partial charge in [0.05, 0.1) is 0 Å². The van der Waals surface area contributed by atoms with Crippen molar-refractivity contribution in [3.63, 3.8) is 0 Å². The van der Waals surface area contributed by atoms with Crippen LogP contribution in [0.15, 0.2) is 30.3 Å². The molecule has 86 valence electrons. The minimum absolute atomic E-state index is 0.755. The van der Waals surface area contributed by atoms with Gasteiger partial charge in [-0.15, -0.1) is 0 Å². The maximum Gasteiger partial charge on any atom is 0.0164 e. The molecule has 1 saturated heterocycles. The van der Waals surface area contributed by atoms with Crippen LogP contribution in [0.3, 0.4) is 0 Å². The molecular weight excluding hydrogens is 194 g/mol. The van der Waals surface area contributed by atoms with Crippen LogP contribution in [0.25, 0.3) is 0 Å². The molecule has 0 radical (unpaired) electrons. The van der Waals surface area contributed by atoms with Crippen molar-refractivity contribution in [3.05, 3.63) is 35.9 Å². The van der Waals surface area contributed by atoms with Gasteiger partial charge in [-0.3, -0.25) is 0 Å². The highest BCUT2D eigenvalue weighted by atomic mass is 14.9. The van der Waals surface area contributed by atoms with Crippen LogP contribution >= 0.6 is 0 Å². The Hall–Kier alpha value is -0.820. The van der Waals surface area contributed by atoms with Crippen LogP contribution in [0, 0.1) is 5.92 Å². The highest BCUT2D eigenvalue weighted by Crippen LogP contribution is 2.39. The molecule has 0 bridgehead atoms. The summed E-state index contributed by atoms with van der Waals surface area (Å²) in [6.45, 7) is 1.23. The quantitative estimate of drug-likeness (QED) is 0.757. The lowest BCUT2D eigenvalue weighted by molar-refractivity contribution is 0.186. The maximum atomic E-state index is 3.77. The van der Waals surface area contributed by atoms with Gasteiger partial charge in [0.15, 0.2) is 0 Å². The van der Waals surface area contributed by atoms with Gasteiger partial charge < -0.3 is 5.32 Å². The topological polar surface area (TPSA) is 12.0 Å². The Balaban J connectivity index is 1.83. The molecule has 0 spiro atoms. The number of rotatable bonds is 1. The molecule has 1 aliphatic heterocycles. The molecule has 0 unspecified atom stereocenters. The average Bonchev–Trinajstić information content (AvgIpc) is 2.39. The first-order chi connectivity index (χ1) is 7.95. The van der Waals surface area contributed by atoms with Gasteiger partial charge in [0.25, 0.3) is 0 Å². The monoisotopic (exact) mass is 215 g/mol. The van der Waals surface area contributed by atoms with Crippen LogP contribution in [0.5, 0.6) is 0 Å². The Morgan fingerprint density at radius 1 is 0.938 bits per heavy atom. The average molecular weight is 215 g/mol. The van der Waals surface area contributed by atoms with Gasteiger partial charge in [0.1, 0.15) is 0 Å². The fourth-order valence-corrected chi connectivity index (χ4v) is 3.63. The zero-order valence-corrected chi connectivity index (χ0v) is 9.86.